The Morgan fingerprint density at radius 2 is 1.86 bits per heavy atom. The Bertz CT molecular complexity index is 1190. The van der Waals surface area contributed by atoms with Gasteiger partial charge in [0.2, 0.25) is 0 Å². The van der Waals surface area contributed by atoms with E-state index in [1.807, 2.05) is 54.2 Å². The monoisotopic (exact) mass is 507 g/mol. The first-order valence-electron chi connectivity index (χ1n) is 13.2. The van der Waals surface area contributed by atoms with E-state index >= 15 is 0 Å². The van der Waals surface area contributed by atoms with Crippen molar-refractivity contribution in [2.75, 3.05) is 20.3 Å². The predicted octanol–water partition coefficient (Wildman–Crippen LogP) is 5.42. The molecule has 200 valence electrons. The van der Waals surface area contributed by atoms with Crippen LogP contribution < -0.4 is 5.32 Å². The summed E-state index contributed by atoms with van der Waals surface area (Å²) in [6.07, 6.45) is 6.45. The summed E-state index contributed by atoms with van der Waals surface area (Å²) >= 11 is 0. The van der Waals surface area contributed by atoms with E-state index in [4.69, 9.17) is 9.84 Å². The van der Waals surface area contributed by atoms with Gasteiger partial charge in [-0.2, -0.15) is 5.10 Å². The average molecular weight is 508 g/mol. The Labute approximate surface area is 220 Å². The number of carbonyl (C=O) groups is 2. The zero-order chi connectivity index (χ0) is 27.0. The molecule has 3 rings (SSSR count). The third kappa shape index (κ3) is 7.73. The third-order valence-electron chi connectivity index (χ3n) is 6.91. The highest BCUT2D eigenvalue weighted by molar-refractivity contribution is 6.00. The molecule has 2 aromatic carbocycles. The summed E-state index contributed by atoms with van der Waals surface area (Å²) < 4.78 is 7.00. The maximum Gasteiger partial charge on any atom is 0.251 e. The molecular weight excluding hydrogens is 466 g/mol. The van der Waals surface area contributed by atoms with Crippen molar-refractivity contribution >= 4 is 22.6 Å². The van der Waals surface area contributed by atoms with Gasteiger partial charge in [-0.3, -0.25) is 14.3 Å². The van der Waals surface area contributed by atoms with Crippen molar-refractivity contribution in [1.82, 2.24) is 15.1 Å². The van der Waals surface area contributed by atoms with E-state index in [2.05, 4.69) is 12.2 Å². The largest absolute Gasteiger partial charge is 0.386 e. The zero-order valence-corrected chi connectivity index (χ0v) is 22.8. The Hall–Kier alpha value is -3.03. The van der Waals surface area contributed by atoms with Gasteiger partial charge in [0.1, 0.15) is 0 Å². The van der Waals surface area contributed by atoms with E-state index in [-0.39, 0.29) is 11.7 Å². The van der Waals surface area contributed by atoms with Crippen LogP contribution in [0.2, 0.25) is 0 Å². The van der Waals surface area contributed by atoms with Gasteiger partial charge in [0.05, 0.1) is 17.7 Å². The highest BCUT2D eigenvalue weighted by Crippen LogP contribution is 2.24. The fourth-order valence-electron chi connectivity index (χ4n) is 4.74. The van der Waals surface area contributed by atoms with E-state index in [0.29, 0.717) is 36.6 Å². The highest BCUT2D eigenvalue weighted by atomic mass is 16.5. The summed E-state index contributed by atoms with van der Waals surface area (Å²) in [5.74, 6) is 0.448. The van der Waals surface area contributed by atoms with Gasteiger partial charge >= 0.3 is 0 Å². The molecule has 37 heavy (non-hydrogen) atoms. The first kappa shape index (κ1) is 28.5. The molecule has 0 bridgehead atoms. The number of ether oxygens (including phenoxy) is 1. The minimum atomic E-state index is -0.914. The zero-order valence-electron chi connectivity index (χ0n) is 22.8. The molecule has 1 aromatic heterocycles. The molecule has 0 spiro atoms. The van der Waals surface area contributed by atoms with Gasteiger partial charge in [0, 0.05) is 49.3 Å². The van der Waals surface area contributed by atoms with Crippen molar-refractivity contribution < 1.29 is 19.4 Å². The number of amides is 1. The van der Waals surface area contributed by atoms with Crippen molar-refractivity contribution in [1.29, 1.82) is 0 Å². The number of carbonyl (C=O) groups excluding carboxylic acids is 2. The van der Waals surface area contributed by atoms with Crippen LogP contribution >= 0.6 is 0 Å². The number of Topliss-reactive ketones (excluding diaryl/α,β-unsaturated/α-hetero) is 1. The molecule has 0 aliphatic carbocycles. The number of aliphatic hydroxyl groups is 1. The molecular formula is C30H41N3O4. The third-order valence-corrected chi connectivity index (χ3v) is 6.91. The smallest absolute Gasteiger partial charge is 0.251 e. The summed E-state index contributed by atoms with van der Waals surface area (Å²) in [6, 6.07) is 11.0. The number of fused-ring (bicyclic) bond motifs is 1. The second kappa shape index (κ2) is 13.0. The van der Waals surface area contributed by atoms with E-state index in [1.54, 1.807) is 21.0 Å². The van der Waals surface area contributed by atoms with E-state index in [0.717, 1.165) is 54.3 Å². The normalized spacial score (nSPS) is 12.6. The lowest BCUT2D eigenvalue weighted by atomic mass is 9.93. The number of ketones is 1. The maximum atomic E-state index is 12.7. The van der Waals surface area contributed by atoms with Crippen LogP contribution in [0, 0.1) is 12.8 Å². The second-order valence-electron chi connectivity index (χ2n) is 10.4. The van der Waals surface area contributed by atoms with Crippen molar-refractivity contribution in [3.63, 3.8) is 0 Å². The minimum absolute atomic E-state index is 0.104. The molecule has 0 saturated heterocycles. The number of aryl methyl sites for hydroxylation is 1. The van der Waals surface area contributed by atoms with Gasteiger partial charge in [-0.15, -0.1) is 0 Å². The number of methoxy groups -OCH3 is 1. The number of nitrogens with one attached hydrogen (secondary N) is 1. The molecule has 0 fully saturated rings. The molecule has 7 heteroatoms. The van der Waals surface area contributed by atoms with E-state index in [1.165, 1.54) is 0 Å². The fourth-order valence-corrected chi connectivity index (χ4v) is 4.74. The number of hydrogen-bond acceptors (Lipinski definition) is 5. The number of benzene rings is 2. The second-order valence-corrected chi connectivity index (χ2v) is 10.4. The van der Waals surface area contributed by atoms with Gasteiger partial charge in [0.15, 0.2) is 5.78 Å². The molecule has 1 atom stereocenters. The van der Waals surface area contributed by atoms with Gasteiger partial charge in [-0.25, -0.2) is 0 Å². The molecule has 1 heterocycles. The van der Waals surface area contributed by atoms with Gasteiger partial charge in [-0.1, -0.05) is 37.6 Å². The van der Waals surface area contributed by atoms with Crippen molar-refractivity contribution in [2.45, 2.75) is 71.9 Å². The van der Waals surface area contributed by atoms with Crippen LogP contribution in [0.25, 0.3) is 10.9 Å². The molecule has 0 saturated carbocycles. The quantitative estimate of drug-likeness (QED) is 0.225. The van der Waals surface area contributed by atoms with Gasteiger partial charge < -0.3 is 15.2 Å². The van der Waals surface area contributed by atoms with Crippen LogP contribution in [-0.4, -0.2) is 46.8 Å². The lowest BCUT2D eigenvalue weighted by molar-refractivity contribution is 0.0784. The summed E-state index contributed by atoms with van der Waals surface area (Å²) in [7, 11) is 1.61. The lowest BCUT2D eigenvalue weighted by Crippen LogP contribution is -2.27. The van der Waals surface area contributed by atoms with Crippen LogP contribution in [-0.2, 0) is 16.9 Å². The molecule has 1 amide bonds. The molecule has 2 N–H and O–H groups in total. The Morgan fingerprint density at radius 1 is 1.14 bits per heavy atom. The van der Waals surface area contributed by atoms with E-state index in [9.17, 15) is 14.7 Å². The van der Waals surface area contributed by atoms with Crippen LogP contribution in [0.3, 0.4) is 0 Å². The first-order chi connectivity index (χ1) is 17.6. The fraction of sp³-hybridized carbons (Fsp3) is 0.500. The summed E-state index contributed by atoms with van der Waals surface area (Å²) in [4.78, 5) is 25.3. The molecule has 0 aliphatic rings. The van der Waals surface area contributed by atoms with E-state index < -0.39 is 5.60 Å². The maximum absolute atomic E-state index is 12.7. The predicted molar refractivity (Wildman–Crippen MR) is 147 cm³/mol. The van der Waals surface area contributed by atoms with Crippen molar-refractivity contribution in [3.05, 3.63) is 64.8 Å². The van der Waals surface area contributed by atoms with Gasteiger partial charge in [0.25, 0.3) is 5.91 Å². The average Bonchev–Trinajstić information content (AvgIpc) is 3.27. The minimum Gasteiger partial charge on any atom is -0.386 e. The van der Waals surface area contributed by atoms with Crippen molar-refractivity contribution in [2.24, 2.45) is 5.92 Å². The summed E-state index contributed by atoms with van der Waals surface area (Å²) in [5, 5.41) is 18.8. The molecule has 1 unspecified atom stereocenters. The number of nitrogens with zero attached hydrogens (tertiary/aromatic N) is 2. The van der Waals surface area contributed by atoms with Crippen LogP contribution in [0.4, 0.5) is 0 Å². The highest BCUT2D eigenvalue weighted by Gasteiger charge is 2.18. The molecule has 0 aliphatic heterocycles. The Balaban J connectivity index is 1.61. The standard InChI is InChI=1S/C30H41N3O4/c1-6-8-22(9-7-10-28(34)23-11-13-24(14-12-23)30(3,4)36)19-33-20-26-21(2)25(15-16-27(26)32-33)29(35)31-17-18-37-5/h11-16,20,22,36H,6-10,17-19H2,1-5H3,(H,31,35). The topological polar surface area (TPSA) is 93.5 Å². The van der Waals surface area contributed by atoms with Crippen molar-refractivity contribution in [3.8, 4) is 0 Å². The Kier molecular flexibility index (Phi) is 10.0. The molecule has 7 nitrogen and oxygen atoms in total. The molecule has 3 aromatic rings. The van der Waals surface area contributed by atoms with Crippen LogP contribution in [0.1, 0.15) is 84.7 Å². The number of rotatable bonds is 14. The van der Waals surface area contributed by atoms with Crippen LogP contribution in [0.15, 0.2) is 42.6 Å². The molecule has 0 radical (unpaired) electrons. The number of hydrogen-bond donors (Lipinski definition) is 2. The summed E-state index contributed by atoms with van der Waals surface area (Å²) in [6.45, 7) is 9.35. The Morgan fingerprint density at radius 3 is 2.51 bits per heavy atom. The summed E-state index contributed by atoms with van der Waals surface area (Å²) in [5.41, 5.74) is 3.03. The lowest BCUT2D eigenvalue weighted by Gasteiger charge is -2.18. The first-order valence-corrected chi connectivity index (χ1v) is 13.2. The SMILES string of the molecule is CCCC(CCCC(=O)c1ccc(C(C)(C)O)cc1)Cn1cc2c(C)c(C(=O)NCCOC)ccc2n1. The van der Waals surface area contributed by atoms with Gasteiger partial charge in [-0.05, 0) is 69.2 Å². The number of aromatic nitrogens is 2. The van der Waals surface area contributed by atoms with Crippen LogP contribution in [0.5, 0.6) is 0 Å².